The van der Waals surface area contributed by atoms with Crippen molar-refractivity contribution in [3.8, 4) is 0 Å². The molecule has 2 aliphatic rings. The Morgan fingerprint density at radius 3 is 2.40 bits per heavy atom. The fraction of sp³-hybridized carbons (Fsp3) is 0.688. The average Bonchev–Trinajstić information content (AvgIpc) is 3.02. The van der Waals surface area contributed by atoms with Crippen LogP contribution in [0.2, 0.25) is 0 Å². The second kappa shape index (κ2) is 6.10. The molecule has 1 aliphatic heterocycles. The monoisotopic (exact) mass is 274 g/mol. The fourth-order valence-electron chi connectivity index (χ4n) is 3.44. The molecule has 110 valence electrons. The maximum Gasteiger partial charge on any atom is 0.128 e. The summed E-state index contributed by atoms with van der Waals surface area (Å²) in [6, 6.07) is 5.14. The predicted molar refractivity (Wildman–Crippen MR) is 82.9 cm³/mol. The van der Waals surface area contributed by atoms with Gasteiger partial charge in [0.2, 0.25) is 0 Å². The molecule has 0 bridgehead atoms. The summed E-state index contributed by atoms with van der Waals surface area (Å²) in [5.41, 5.74) is 6.98. The lowest BCUT2D eigenvalue weighted by Crippen LogP contribution is -2.50. The van der Waals surface area contributed by atoms with E-state index in [9.17, 15) is 0 Å². The van der Waals surface area contributed by atoms with Gasteiger partial charge in [-0.3, -0.25) is 4.90 Å². The van der Waals surface area contributed by atoms with Crippen LogP contribution in [0.3, 0.4) is 0 Å². The van der Waals surface area contributed by atoms with Crippen molar-refractivity contribution in [2.75, 3.05) is 31.1 Å². The first kappa shape index (κ1) is 13.8. The first-order chi connectivity index (χ1) is 9.74. The van der Waals surface area contributed by atoms with Gasteiger partial charge in [-0.05, 0) is 31.4 Å². The molecule has 2 N–H and O–H groups in total. The Bertz CT molecular complexity index is 415. The highest BCUT2D eigenvalue weighted by atomic mass is 15.3. The van der Waals surface area contributed by atoms with Gasteiger partial charge in [0.25, 0.3) is 0 Å². The topological polar surface area (TPSA) is 45.4 Å². The summed E-state index contributed by atoms with van der Waals surface area (Å²) in [4.78, 5) is 9.65. The number of piperazine rings is 1. The molecule has 1 aromatic rings. The molecule has 4 nitrogen and oxygen atoms in total. The number of hydrogen-bond acceptors (Lipinski definition) is 4. The van der Waals surface area contributed by atoms with Gasteiger partial charge in [-0.1, -0.05) is 18.9 Å². The molecule has 3 rings (SSSR count). The Balaban J connectivity index is 1.57. The molecule has 1 saturated carbocycles. The summed E-state index contributed by atoms with van der Waals surface area (Å²) >= 11 is 0. The predicted octanol–water partition coefficient (Wildman–Crippen LogP) is 2.17. The Hall–Kier alpha value is -1.13. The van der Waals surface area contributed by atoms with E-state index in [1.165, 1.54) is 38.8 Å². The standard InChI is InChI=1S/C16H26N4/c1-13(17)14-6-7-16(18-12-14)20-10-8-19(9-11-20)15-4-2-3-5-15/h6-7,12-13,15H,2-5,8-11,17H2,1H3/t13-/m1/s1. The Morgan fingerprint density at radius 2 is 1.85 bits per heavy atom. The van der Waals surface area contributed by atoms with Crippen LogP contribution in [0.1, 0.15) is 44.2 Å². The maximum absolute atomic E-state index is 5.87. The zero-order chi connectivity index (χ0) is 13.9. The van der Waals surface area contributed by atoms with Crippen LogP contribution in [0.5, 0.6) is 0 Å². The molecule has 4 heteroatoms. The fourth-order valence-corrected chi connectivity index (χ4v) is 3.44. The van der Waals surface area contributed by atoms with Crippen LogP contribution in [0.4, 0.5) is 5.82 Å². The van der Waals surface area contributed by atoms with Gasteiger partial charge in [0, 0.05) is 44.5 Å². The van der Waals surface area contributed by atoms with Crippen molar-refractivity contribution in [2.24, 2.45) is 5.73 Å². The van der Waals surface area contributed by atoms with E-state index in [0.29, 0.717) is 0 Å². The molecule has 2 heterocycles. The van der Waals surface area contributed by atoms with Crippen LogP contribution in [0.15, 0.2) is 18.3 Å². The third-order valence-corrected chi connectivity index (χ3v) is 4.78. The molecular weight excluding hydrogens is 248 g/mol. The van der Waals surface area contributed by atoms with Crippen LogP contribution < -0.4 is 10.6 Å². The highest BCUT2D eigenvalue weighted by Gasteiger charge is 2.26. The minimum Gasteiger partial charge on any atom is -0.354 e. The third-order valence-electron chi connectivity index (χ3n) is 4.78. The normalized spacial score (nSPS) is 23.2. The number of hydrogen-bond donors (Lipinski definition) is 1. The van der Waals surface area contributed by atoms with Gasteiger partial charge < -0.3 is 10.6 Å². The molecule has 1 saturated heterocycles. The van der Waals surface area contributed by atoms with E-state index in [2.05, 4.69) is 26.9 Å². The zero-order valence-corrected chi connectivity index (χ0v) is 12.5. The van der Waals surface area contributed by atoms with E-state index < -0.39 is 0 Å². The molecule has 1 aromatic heterocycles. The number of anilines is 1. The van der Waals surface area contributed by atoms with Crippen LogP contribution in [0, 0.1) is 0 Å². The highest BCUT2D eigenvalue weighted by Crippen LogP contribution is 2.25. The first-order valence-electron chi connectivity index (χ1n) is 7.94. The SMILES string of the molecule is C[C@@H](N)c1ccc(N2CCN(C3CCCC3)CC2)nc1. The van der Waals surface area contributed by atoms with E-state index in [0.717, 1.165) is 30.5 Å². The van der Waals surface area contributed by atoms with Crippen molar-refractivity contribution in [1.29, 1.82) is 0 Å². The van der Waals surface area contributed by atoms with Crippen molar-refractivity contribution in [3.63, 3.8) is 0 Å². The van der Waals surface area contributed by atoms with Crippen molar-refractivity contribution < 1.29 is 0 Å². The van der Waals surface area contributed by atoms with Gasteiger partial charge in [-0.25, -0.2) is 4.98 Å². The second-order valence-corrected chi connectivity index (χ2v) is 6.20. The summed E-state index contributed by atoms with van der Waals surface area (Å²) in [5, 5.41) is 0. The number of pyridine rings is 1. The zero-order valence-electron chi connectivity index (χ0n) is 12.5. The van der Waals surface area contributed by atoms with Gasteiger partial charge in [-0.15, -0.1) is 0 Å². The lowest BCUT2D eigenvalue weighted by Gasteiger charge is -2.38. The van der Waals surface area contributed by atoms with Gasteiger partial charge >= 0.3 is 0 Å². The summed E-state index contributed by atoms with van der Waals surface area (Å²) in [6.45, 7) is 6.56. The minimum atomic E-state index is 0.0655. The quantitative estimate of drug-likeness (QED) is 0.917. The van der Waals surface area contributed by atoms with Gasteiger partial charge in [0.05, 0.1) is 0 Å². The Morgan fingerprint density at radius 1 is 1.15 bits per heavy atom. The van der Waals surface area contributed by atoms with Gasteiger partial charge in [-0.2, -0.15) is 0 Å². The average molecular weight is 274 g/mol. The molecule has 0 spiro atoms. The largest absolute Gasteiger partial charge is 0.354 e. The Labute approximate surface area is 122 Å². The molecule has 20 heavy (non-hydrogen) atoms. The number of rotatable bonds is 3. The van der Waals surface area contributed by atoms with Gasteiger partial charge in [0.1, 0.15) is 5.82 Å². The van der Waals surface area contributed by atoms with Crippen molar-refractivity contribution >= 4 is 5.82 Å². The Kier molecular flexibility index (Phi) is 4.22. The van der Waals surface area contributed by atoms with Crippen molar-refractivity contribution in [2.45, 2.75) is 44.7 Å². The molecule has 1 aliphatic carbocycles. The van der Waals surface area contributed by atoms with E-state index in [4.69, 9.17) is 5.73 Å². The molecule has 0 unspecified atom stereocenters. The van der Waals surface area contributed by atoms with Crippen LogP contribution in [-0.2, 0) is 0 Å². The number of nitrogens with zero attached hydrogens (tertiary/aromatic N) is 3. The molecule has 2 fully saturated rings. The van der Waals surface area contributed by atoms with Crippen molar-refractivity contribution in [1.82, 2.24) is 9.88 Å². The number of aromatic nitrogens is 1. The molecule has 0 radical (unpaired) electrons. The molecule has 0 amide bonds. The summed E-state index contributed by atoms with van der Waals surface area (Å²) in [5.74, 6) is 1.10. The number of nitrogens with two attached hydrogens (primary N) is 1. The molecule has 1 atom stereocenters. The summed E-state index contributed by atoms with van der Waals surface area (Å²) < 4.78 is 0. The van der Waals surface area contributed by atoms with E-state index in [1.54, 1.807) is 0 Å². The minimum absolute atomic E-state index is 0.0655. The molecular formula is C16H26N4. The van der Waals surface area contributed by atoms with Crippen LogP contribution >= 0.6 is 0 Å². The summed E-state index contributed by atoms with van der Waals surface area (Å²) in [6.07, 6.45) is 7.57. The van der Waals surface area contributed by atoms with Crippen LogP contribution in [-0.4, -0.2) is 42.1 Å². The lowest BCUT2D eigenvalue weighted by atomic mass is 10.1. The van der Waals surface area contributed by atoms with E-state index >= 15 is 0 Å². The van der Waals surface area contributed by atoms with Crippen molar-refractivity contribution in [3.05, 3.63) is 23.9 Å². The highest BCUT2D eigenvalue weighted by molar-refractivity contribution is 5.40. The molecule has 0 aromatic carbocycles. The van der Waals surface area contributed by atoms with Crippen LogP contribution in [0.25, 0.3) is 0 Å². The maximum atomic E-state index is 5.87. The smallest absolute Gasteiger partial charge is 0.128 e. The van der Waals surface area contributed by atoms with E-state index in [-0.39, 0.29) is 6.04 Å². The lowest BCUT2D eigenvalue weighted by molar-refractivity contribution is 0.187. The van der Waals surface area contributed by atoms with E-state index in [1.807, 2.05) is 13.1 Å². The first-order valence-corrected chi connectivity index (χ1v) is 7.94. The second-order valence-electron chi connectivity index (χ2n) is 6.20. The van der Waals surface area contributed by atoms with Gasteiger partial charge in [0.15, 0.2) is 0 Å². The third kappa shape index (κ3) is 2.96. The summed E-state index contributed by atoms with van der Waals surface area (Å²) in [7, 11) is 0.